The van der Waals surface area contributed by atoms with Gasteiger partial charge in [-0.3, -0.25) is 48.4 Å². The molecular weight excluding hydrogens is 1400 g/mol. The predicted molar refractivity (Wildman–Crippen MR) is 407 cm³/mol. The molecule has 0 spiro atoms. The highest BCUT2D eigenvalue weighted by Gasteiger charge is 2.56. The number of ether oxygens (including phenoxy) is 8. The monoisotopic (exact) mass is 1490 g/mol. The predicted octanol–water partition coefficient (Wildman–Crippen LogP) is 15.0. The van der Waals surface area contributed by atoms with E-state index in [0.29, 0.717) is 59.2 Å². The van der Waals surface area contributed by atoms with Gasteiger partial charge in [0, 0.05) is 95.4 Å². The number of alkyl halides is 3. The van der Waals surface area contributed by atoms with Gasteiger partial charge in [-0.05, 0) is 124 Å². The first-order valence-corrected chi connectivity index (χ1v) is 37.3. The van der Waals surface area contributed by atoms with Gasteiger partial charge in [0.25, 0.3) is 29.5 Å². The van der Waals surface area contributed by atoms with Gasteiger partial charge in [0.1, 0.15) is 52.0 Å². The van der Waals surface area contributed by atoms with E-state index in [1.807, 2.05) is 95.0 Å². The first-order valence-electron chi connectivity index (χ1n) is 37.3. The van der Waals surface area contributed by atoms with Crippen molar-refractivity contribution >= 4 is 78.5 Å². The molecule has 6 amide bonds. The standard InChI is InChI=1S/C86H91F3N6O14/c1-46(76(96)90-30-32-92(38-55-42-102-55)39-56-43-103-56)94-78(98)59-34-63(106-51-22-14-47(15-23-51)82(2,3)4)69-71-65(108-53-26-18-49(19-27-53)84(8,9)10)36-61-68-62(81(101)95(80(61)100)75(86(87,88)89)77(97)91-31-33-93(40-57-44-104-57)41-58-45-105-58)37-66(109-54-28-20-50(21-29-54)85(11,12)13)72(74(68)71)70-64(35-60(79(94)99)67(59)73(69)70)107-52-24-16-48(17-25-52)83(5,6)7/h14-29,34-37,46,55-58,75H,30-33,38-45H2,1-13H3,(H,90,96)(H,91,97). The number of fused-ring (bicyclic) bond motifs is 2. The van der Waals surface area contributed by atoms with Crippen LogP contribution in [0.15, 0.2) is 121 Å². The number of nitrogens with one attached hydrogen (secondary N) is 2. The number of amides is 6. The van der Waals surface area contributed by atoms with Gasteiger partial charge in [0.05, 0.1) is 73.1 Å². The number of imide groups is 2. The van der Waals surface area contributed by atoms with Crippen LogP contribution >= 0.6 is 0 Å². The third-order valence-electron chi connectivity index (χ3n) is 21.2. The second-order valence-corrected chi connectivity index (χ2v) is 33.7. The number of halogens is 3. The van der Waals surface area contributed by atoms with E-state index in [1.165, 1.54) is 31.2 Å². The highest BCUT2D eigenvalue weighted by Crippen LogP contribution is 2.59. The summed E-state index contributed by atoms with van der Waals surface area (Å²) < 4.78 is 100.0. The molecule has 0 bridgehead atoms. The molecule has 4 saturated heterocycles. The molecule has 6 heterocycles. The summed E-state index contributed by atoms with van der Waals surface area (Å²) in [7, 11) is 0. The Balaban J connectivity index is 1.00. The lowest BCUT2D eigenvalue weighted by molar-refractivity contribution is -0.180. The molecule has 109 heavy (non-hydrogen) atoms. The van der Waals surface area contributed by atoms with E-state index in [-0.39, 0.29) is 171 Å². The van der Waals surface area contributed by atoms with Crippen LogP contribution in [0.3, 0.4) is 0 Å². The van der Waals surface area contributed by atoms with Gasteiger partial charge in [-0.25, -0.2) is 0 Å². The van der Waals surface area contributed by atoms with Crippen LogP contribution in [0.2, 0.25) is 0 Å². The molecule has 2 N–H and O–H groups in total. The van der Waals surface area contributed by atoms with Crippen LogP contribution in [0.1, 0.15) is 154 Å². The Labute approximate surface area is 630 Å². The normalized spacial score (nSPS) is 19.0. The van der Waals surface area contributed by atoms with E-state index in [1.54, 1.807) is 48.5 Å². The Morgan fingerprint density at radius 1 is 0.404 bits per heavy atom. The van der Waals surface area contributed by atoms with Gasteiger partial charge < -0.3 is 48.5 Å². The van der Waals surface area contributed by atoms with Gasteiger partial charge in [-0.1, -0.05) is 132 Å². The van der Waals surface area contributed by atoms with Crippen molar-refractivity contribution in [2.45, 2.75) is 154 Å². The number of rotatable bonds is 26. The lowest BCUT2D eigenvalue weighted by atomic mass is 9.80. The molecule has 0 saturated carbocycles. The van der Waals surface area contributed by atoms with Gasteiger partial charge in [0.15, 0.2) is 0 Å². The van der Waals surface area contributed by atoms with Crippen molar-refractivity contribution in [1.82, 2.24) is 30.2 Å². The van der Waals surface area contributed by atoms with Gasteiger partial charge in [0.2, 0.25) is 11.9 Å². The fourth-order valence-electron chi connectivity index (χ4n) is 14.9. The molecule has 23 heteroatoms. The molecule has 6 atom stereocenters. The van der Waals surface area contributed by atoms with E-state index in [0.717, 1.165) is 27.2 Å². The third kappa shape index (κ3) is 15.3. The summed E-state index contributed by atoms with van der Waals surface area (Å²) in [4.78, 5) is 98.9. The fourth-order valence-corrected chi connectivity index (χ4v) is 14.9. The van der Waals surface area contributed by atoms with Crippen LogP contribution in [0.4, 0.5) is 13.2 Å². The maximum Gasteiger partial charge on any atom is 0.418 e. The molecule has 15 rings (SSSR count). The van der Waals surface area contributed by atoms with Crippen molar-refractivity contribution < 1.29 is 79.8 Å². The minimum atomic E-state index is -5.54. The van der Waals surface area contributed by atoms with E-state index in [4.69, 9.17) is 37.9 Å². The molecular formula is C86H91F3N6O14. The molecule has 20 nitrogen and oxygen atoms in total. The highest BCUT2D eigenvalue weighted by molar-refractivity contribution is 6.45. The summed E-state index contributed by atoms with van der Waals surface area (Å²) in [6.07, 6.45) is -5.58. The number of hydrogen-bond acceptors (Lipinski definition) is 16. The number of epoxide rings is 4. The van der Waals surface area contributed by atoms with Crippen LogP contribution in [0, 0.1) is 0 Å². The fraction of sp³-hybridized carbons (Fsp3) is 0.419. The number of nitrogens with zero attached hydrogens (tertiary/aromatic N) is 4. The molecule has 0 radical (unpaired) electrons. The van der Waals surface area contributed by atoms with Crippen LogP contribution in [0.25, 0.3) is 43.1 Å². The summed E-state index contributed by atoms with van der Waals surface area (Å²) in [6, 6.07) is 29.8. The first kappa shape index (κ1) is 74.7. The Bertz CT molecular complexity index is 4830. The minimum Gasteiger partial charge on any atom is -0.457 e. The SMILES string of the molecule is CC(C(=O)NCCN(CC1CO1)CC1CO1)N1C(=O)c2cc(Oc3ccc(C(C)(C)C)cc3)c3c4c(Oc5ccc(C(C)(C)C)cc5)cc5c6c(cc(Oc7ccc(C(C)(C)C)cc7)c(c7c(Oc8ccc(C(C)(C)C)cc8)cc(c2c37)C1=O)c64)C(=O)N(C(C(=O)NCCN(CC1CO1)CC1CO1)C(F)(F)F)C5=O. The lowest BCUT2D eigenvalue weighted by Gasteiger charge is -2.36. The molecule has 9 aromatic carbocycles. The third-order valence-corrected chi connectivity index (χ3v) is 21.2. The smallest absolute Gasteiger partial charge is 0.418 e. The van der Waals surface area contributed by atoms with Crippen molar-refractivity contribution in [3.8, 4) is 46.0 Å². The topological polar surface area (TPSA) is 226 Å². The highest BCUT2D eigenvalue weighted by atomic mass is 19.4. The van der Waals surface area contributed by atoms with E-state index in [2.05, 4.69) is 57.1 Å². The summed E-state index contributed by atoms with van der Waals surface area (Å²) in [6.45, 7) is 31.0. The zero-order valence-electron chi connectivity index (χ0n) is 63.6. The van der Waals surface area contributed by atoms with Crippen LogP contribution in [0.5, 0.6) is 46.0 Å². The molecule has 570 valence electrons. The Morgan fingerprint density at radius 2 is 0.651 bits per heavy atom. The Morgan fingerprint density at radius 3 is 0.890 bits per heavy atom. The van der Waals surface area contributed by atoms with Gasteiger partial charge >= 0.3 is 6.18 Å². The maximum absolute atomic E-state index is 16.4. The zero-order valence-corrected chi connectivity index (χ0v) is 63.6. The Kier molecular flexibility index (Phi) is 19.2. The average molecular weight is 1490 g/mol. The average Bonchev–Trinajstić information content (AvgIpc) is 1.55. The van der Waals surface area contributed by atoms with Crippen molar-refractivity contribution in [3.05, 3.63) is 166 Å². The summed E-state index contributed by atoms with van der Waals surface area (Å²) >= 11 is 0. The number of carbonyl (C=O) groups is 6. The van der Waals surface area contributed by atoms with E-state index < -0.39 is 64.8 Å². The number of carbonyl (C=O) groups excluding carboxylic acids is 6. The molecule has 9 aromatic rings. The minimum absolute atomic E-state index is 0.0275. The first-order chi connectivity index (χ1) is 51.5. The maximum atomic E-state index is 16.4. The van der Waals surface area contributed by atoms with E-state index in [9.17, 15) is 9.59 Å². The van der Waals surface area contributed by atoms with Crippen molar-refractivity contribution in [2.75, 3.05) is 78.8 Å². The van der Waals surface area contributed by atoms with Crippen LogP contribution < -0.4 is 29.6 Å². The number of hydrogen-bond donors (Lipinski definition) is 2. The van der Waals surface area contributed by atoms with Crippen LogP contribution in [-0.4, -0.2) is 177 Å². The summed E-state index contributed by atoms with van der Waals surface area (Å²) in [5.41, 5.74) is 1.40. The van der Waals surface area contributed by atoms with Gasteiger partial charge in [-0.15, -0.1) is 0 Å². The van der Waals surface area contributed by atoms with Crippen molar-refractivity contribution in [2.24, 2.45) is 0 Å². The summed E-state index contributed by atoms with van der Waals surface area (Å²) in [5.74, 6) is -6.32. The molecule has 6 unspecified atom stereocenters. The van der Waals surface area contributed by atoms with E-state index >= 15 is 32.3 Å². The van der Waals surface area contributed by atoms with Gasteiger partial charge in [-0.2, -0.15) is 13.2 Å². The number of benzene rings is 9. The molecule has 4 fully saturated rings. The molecule has 0 aromatic heterocycles. The van der Waals surface area contributed by atoms with Crippen LogP contribution in [-0.2, 0) is 50.2 Å². The second kappa shape index (κ2) is 28.0. The largest absolute Gasteiger partial charge is 0.457 e. The summed E-state index contributed by atoms with van der Waals surface area (Å²) in [5, 5.41) is 6.06. The van der Waals surface area contributed by atoms with Crippen molar-refractivity contribution in [3.63, 3.8) is 0 Å². The van der Waals surface area contributed by atoms with Crippen molar-refractivity contribution in [1.29, 1.82) is 0 Å². The lowest BCUT2D eigenvalue weighted by Crippen LogP contribution is -2.60. The Hall–Kier alpha value is -9.75. The molecule has 6 aliphatic rings. The second-order valence-electron chi connectivity index (χ2n) is 33.7. The quantitative estimate of drug-likeness (QED) is 0.0222. The molecule has 0 aliphatic carbocycles. The zero-order chi connectivity index (χ0) is 77.3. The molecule has 6 aliphatic heterocycles.